The van der Waals surface area contributed by atoms with Crippen molar-refractivity contribution in [1.82, 2.24) is 10.9 Å². The number of nitriles is 1. The van der Waals surface area contributed by atoms with Crippen molar-refractivity contribution in [3.63, 3.8) is 0 Å². The Hall–Kier alpha value is -3.26. The van der Waals surface area contributed by atoms with Gasteiger partial charge in [0.25, 0.3) is 5.91 Å². The van der Waals surface area contributed by atoms with Crippen molar-refractivity contribution < 1.29 is 9.53 Å². The van der Waals surface area contributed by atoms with E-state index in [0.29, 0.717) is 17.0 Å². The SMILES string of the molecule is C=C(NNC(=O)COc1ccc(C#N)cc1)c1ccc(C)cc1. The van der Waals surface area contributed by atoms with E-state index in [1.807, 2.05) is 37.3 Å². The maximum atomic E-state index is 11.7. The standard InChI is InChI=1S/C18H17N3O2/c1-13-3-7-16(8-4-13)14(2)20-21-18(22)12-23-17-9-5-15(11-19)6-10-17/h3-10,20H,2,12H2,1H3,(H,21,22). The number of amides is 1. The lowest BCUT2D eigenvalue weighted by molar-refractivity contribution is -0.123. The van der Waals surface area contributed by atoms with Crippen LogP contribution in [0.5, 0.6) is 5.75 Å². The Morgan fingerprint density at radius 2 is 1.78 bits per heavy atom. The van der Waals surface area contributed by atoms with E-state index in [9.17, 15) is 4.79 Å². The van der Waals surface area contributed by atoms with Crippen LogP contribution in [0.2, 0.25) is 0 Å². The van der Waals surface area contributed by atoms with E-state index < -0.39 is 0 Å². The second kappa shape index (κ2) is 7.66. The summed E-state index contributed by atoms with van der Waals surface area (Å²) < 4.78 is 5.33. The van der Waals surface area contributed by atoms with E-state index in [-0.39, 0.29) is 12.5 Å². The molecular formula is C18H17N3O2. The van der Waals surface area contributed by atoms with Gasteiger partial charge >= 0.3 is 0 Å². The number of ether oxygens (including phenoxy) is 1. The molecule has 0 heterocycles. The van der Waals surface area contributed by atoms with Gasteiger partial charge in [0.05, 0.1) is 17.3 Å². The number of benzene rings is 2. The largest absolute Gasteiger partial charge is 0.484 e. The normalized spacial score (nSPS) is 9.57. The number of nitrogens with one attached hydrogen (secondary N) is 2. The predicted molar refractivity (Wildman–Crippen MR) is 88.1 cm³/mol. The van der Waals surface area contributed by atoms with Crippen LogP contribution in [0, 0.1) is 18.3 Å². The zero-order valence-corrected chi connectivity index (χ0v) is 12.8. The molecule has 0 fully saturated rings. The van der Waals surface area contributed by atoms with Gasteiger partial charge in [0.2, 0.25) is 0 Å². The van der Waals surface area contributed by atoms with Crippen molar-refractivity contribution in [2.24, 2.45) is 0 Å². The maximum Gasteiger partial charge on any atom is 0.276 e. The number of carbonyl (C=O) groups is 1. The topological polar surface area (TPSA) is 74.2 Å². The van der Waals surface area contributed by atoms with Gasteiger partial charge in [-0.3, -0.25) is 15.6 Å². The second-order valence-electron chi connectivity index (χ2n) is 4.94. The molecule has 0 aromatic heterocycles. The van der Waals surface area contributed by atoms with Crippen molar-refractivity contribution >= 4 is 11.6 Å². The van der Waals surface area contributed by atoms with E-state index >= 15 is 0 Å². The number of rotatable bonds is 6. The van der Waals surface area contributed by atoms with E-state index in [2.05, 4.69) is 17.4 Å². The number of aryl methyl sites for hydroxylation is 1. The maximum absolute atomic E-state index is 11.7. The zero-order valence-electron chi connectivity index (χ0n) is 12.8. The average Bonchev–Trinajstić information content (AvgIpc) is 2.59. The summed E-state index contributed by atoms with van der Waals surface area (Å²) in [6.45, 7) is 5.73. The lowest BCUT2D eigenvalue weighted by Gasteiger charge is -2.12. The van der Waals surface area contributed by atoms with Crippen LogP contribution < -0.4 is 15.6 Å². The van der Waals surface area contributed by atoms with Crippen molar-refractivity contribution in [2.75, 3.05) is 6.61 Å². The van der Waals surface area contributed by atoms with Crippen LogP contribution >= 0.6 is 0 Å². The van der Waals surface area contributed by atoms with Crippen molar-refractivity contribution in [2.45, 2.75) is 6.92 Å². The number of hydrogen-bond acceptors (Lipinski definition) is 4. The van der Waals surface area contributed by atoms with Crippen molar-refractivity contribution in [3.05, 3.63) is 71.8 Å². The zero-order chi connectivity index (χ0) is 16.7. The molecule has 2 N–H and O–H groups in total. The highest BCUT2D eigenvalue weighted by Gasteiger charge is 2.04. The van der Waals surface area contributed by atoms with Crippen LogP contribution in [0.4, 0.5) is 0 Å². The van der Waals surface area contributed by atoms with E-state index in [1.54, 1.807) is 24.3 Å². The first-order valence-corrected chi connectivity index (χ1v) is 7.02. The average molecular weight is 307 g/mol. The number of carbonyl (C=O) groups excluding carboxylic acids is 1. The molecule has 0 saturated heterocycles. The Morgan fingerprint density at radius 3 is 2.39 bits per heavy atom. The molecule has 0 saturated carbocycles. The van der Waals surface area contributed by atoms with Gasteiger partial charge in [-0.05, 0) is 36.8 Å². The fourth-order valence-corrected chi connectivity index (χ4v) is 1.78. The third-order valence-corrected chi connectivity index (χ3v) is 3.11. The summed E-state index contributed by atoms with van der Waals surface area (Å²) in [5.74, 6) is 0.194. The quantitative estimate of drug-likeness (QED) is 0.804. The fraction of sp³-hybridized carbons (Fsp3) is 0.111. The molecule has 5 nitrogen and oxygen atoms in total. The third kappa shape index (κ3) is 4.90. The molecule has 0 radical (unpaired) electrons. The van der Waals surface area contributed by atoms with Crippen molar-refractivity contribution in [3.8, 4) is 11.8 Å². The minimum Gasteiger partial charge on any atom is -0.484 e. The van der Waals surface area contributed by atoms with Gasteiger partial charge in [-0.15, -0.1) is 0 Å². The summed E-state index contributed by atoms with van der Waals surface area (Å²) in [5.41, 5.74) is 8.46. The smallest absolute Gasteiger partial charge is 0.276 e. The second-order valence-corrected chi connectivity index (χ2v) is 4.94. The number of hydrogen-bond donors (Lipinski definition) is 2. The van der Waals surface area contributed by atoms with Crippen molar-refractivity contribution in [1.29, 1.82) is 5.26 Å². The highest BCUT2D eigenvalue weighted by atomic mass is 16.5. The molecule has 0 spiro atoms. The highest BCUT2D eigenvalue weighted by molar-refractivity contribution is 5.78. The van der Waals surface area contributed by atoms with Gasteiger partial charge < -0.3 is 4.74 Å². The number of nitrogens with zero attached hydrogens (tertiary/aromatic N) is 1. The van der Waals surface area contributed by atoms with Crippen LogP contribution in [-0.2, 0) is 4.79 Å². The summed E-state index contributed by atoms with van der Waals surface area (Å²) in [7, 11) is 0. The van der Waals surface area contributed by atoms with Gasteiger partial charge in [-0.1, -0.05) is 36.4 Å². The lowest BCUT2D eigenvalue weighted by atomic mass is 10.1. The van der Waals surface area contributed by atoms with Gasteiger partial charge in [-0.25, -0.2) is 0 Å². The van der Waals surface area contributed by atoms with Gasteiger partial charge in [-0.2, -0.15) is 5.26 Å². The third-order valence-electron chi connectivity index (χ3n) is 3.11. The minimum absolute atomic E-state index is 0.139. The molecule has 0 aliphatic carbocycles. The van der Waals surface area contributed by atoms with Crippen LogP contribution in [0.1, 0.15) is 16.7 Å². The first-order valence-electron chi connectivity index (χ1n) is 7.02. The molecule has 5 heteroatoms. The summed E-state index contributed by atoms with van der Waals surface area (Å²) in [6.07, 6.45) is 0. The van der Waals surface area contributed by atoms with Crippen LogP contribution in [-0.4, -0.2) is 12.5 Å². The molecule has 2 aromatic carbocycles. The Morgan fingerprint density at radius 1 is 1.13 bits per heavy atom. The van der Waals surface area contributed by atoms with Gasteiger partial charge in [0, 0.05) is 0 Å². The summed E-state index contributed by atoms with van der Waals surface area (Å²) in [5, 5.41) is 8.71. The molecule has 0 atom stereocenters. The summed E-state index contributed by atoms with van der Waals surface area (Å²) >= 11 is 0. The predicted octanol–water partition coefficient (Wildman–Crippen LogP) is 2.54. The Balaban J connectivity index is 1.77. The Labute approximate surface area is 135 Å². The first kappa shape index (κ1) is 16.1. The minimum atomic E-state index is -0.331. The van der Waals surface area contributed by atoms with Gasteiger partial charge in [0.15, 0.2) is 6.61 Å². The van der Waals surface area contributed by atoms with Crippen LogP contribution in [0.15, 0.2) is 55.1 Å². The van der Waals surface area contributed by atoms with E-state index in [0.717, 1.165) is 11.1 Å². The Bertz CT molecular complexity index is 728. The molecule has 2 aromatic rings. The summed E-state index contributed by atoms with van der Waals surface area (Å²) in [6, 6.07) is 16.3. The van der Waals surface area contributed by atoms with E-state index in [1.165, 1.54) is 0 Å². The van der Waals surface area contributed by atoms with Crippen LogP contribution in [0.25, 0.3) is 5.70 Å². The molecule has 23 heavy (non-hydrogen) atoms. The molecule has 1 amide bonds. The lowest BCUT2D eigenvalue weighted by Crippen LogP contribution is -2.38. The highest BCUT2D eigenvalue weighted by Crippen LogP contribution is 2.11. The van der Waals surface area contributed by atoms with Crippen LogP contribution in [0.3, 0.4) is 0 Å². The fourth-order valence-electron chi connectivity index (χ4n) is 1.78. The number of hydrazine groups is 1. The molecule has 2 rings (SSSR count). The Kier molecular flexibility index (Phi) is 5.37. The molecule has 0 bridgehead atoms. The first-order chi connectivity index (χ1) is 11.1. The van der Waals surface area contributed by atoms with Gasteiger partial charge in [0.1, 0.15) is 5.75 Å². The molecule has 0 aliphatic rings. The molecular weight excluding hydrogens is 290 g/mol. The molecule has 0 aliphatic heterocycles. The molecule has 116 valence electrons. The van der Waals surface area contributed by atoms with E-state index in [4.69, 9.17) is 10.00 Å². The monoisotopic (exact) mass is 307 g/mol. The summed E-state index contributed by atoms with van der Waals surface area (Å²) in [4.78, 5) is 11.7. The molecule has 0 unspecified atom stereocenters.